The van der Waals surface area contributed by atoms with E-state index >= 15 is 0 Å². The Bertz CT molecular complexity index is 322. The number of likely N-dealkylation sites (tertiary alicyclic amines) is 1. The molecule has 0 bridgehead atoms. The first-order valence-corrected chi connectivity index (χ1v) is 6.71. The van der Waals surface area contributed by atoms with E-state index in [4.69, 9.17) is 0 Å². The minimum absolute atomic E-state index is 0.800. The lowest BCUT2D eigenvalue weighted by Crippen LogP contribution is -2.39. The lowest BCUT2D eigenvalue weighted by atomic mass is 9.92. The van der Waals surface area contributed by atoms with Crippen LogP contribution < -0.4 is 5.32 Å². The predicted molar refractivity (Wildman–Crippen MR) is 72.9 cm³/mol. The second-order valence-electron chi connectivity index (χ2n) is 4.92. The molecule has 0 saturated carbocycles. The molecular weight excluding hydrogens is 210 g/mol. The number of aliphatic imine (C=N–C) groups is 1. The van der Waals surface area contributed by atoms with Crippen molar-refractivity contribution in [1.29, 1.82) is 0 Å². The summed E-state index contributed by atoms with van der Waals surface area (Å²) >= 11 is 0. The van der Waals surface area contributed by atoms with E-state index in [0.717, 1.165) is 37.2 Å². The molecule has 1 saturated heterocycles. The molecule has 1 N–H and O–H groups in total. The lowest BCUT2D eigenvalue weighted by molar-refractivity contribution is 0.213. The van der Waals surface area contributed by atoms with E-state index in [1.165, 1.54) is 25.7 Å². The normalized spacial score (nSPS) is 20.5. The van der Waals surface area contributed by atoms with Crippen molar-refractivity contribution in [3.63, 3.8) is 0 Å². The number of nitrogens with one attached hydrogen (secondary N) is 1. The third-order valence-electron chi connectivity index (χ3n) is 3.61. The van der Waals surface area contributed by atoms with Crippen LogP contribution in [0.15, 0.2) is 29.5 Å². The Morgan fingerprint density at radius 1 is 1.53 bits per heavy atom. The first-order valence-electron chi connectivity index (χ1n) is 6.71. The van der Waals surface area contributed by atoms with Crippen LogP contribution >= 0.6 is 0 Å². The molecule has 0 aromatic rings. The fraction of sp³-hybridized carbons (Fsp3) is 0.643. The molecule has 94 valence electrons. The van der Waals surface area contributed by atoms with E-state index in [9.17, 15) is 0 Å². The number of hydrogen-bond donors (Lipinski definition) is 1. The van der Waals surface area contributed by atoms with Crippen molar-refractivity contribution in [3.05, 3.63) is 24.6 Å². The topological polar surface area (TPSA) is 27.6 Å². The van der Waals surface area contributed by atoms with Crippen LogP contribution in [0.4, 0.5) is 0 Å². The van der Waals surface area contributed by atoms with E-state index in [2.05, 4.69) is 34.8 Å². The number of rotatable bonds is 4. The maximum Gasteiger partial charge on any atom is 0.126 e. The number of hydrogen-bond acceptors (Lipinski definition) is 3. The molecule has 2 heterocycles. The van der Waals surface area contributed by atoms with Gasteiger partial charge in [-0.1, -0.05) is 32.4 Å². The summed E-state index contributed by atoms with van der Waals surface area (Å²) < 4.78 is 0. The SMILES string of the molecule is C=C(NC1=NCC=C1)N1CCC(CCC)CC1. The largest absolute Gasteiger partial charge is 0.359 e. The Morgan fingerprint density at radius 3 is 2.88 bits per heavy atom. The molecule has 17 heavy (non-hydrogen) atoms. The van der Waals surface area contributed by atoms with Crippen molar-refractivity contribution in [2.45, 2.75) is 32.6 Å². The second kappa shape index (κ2) is 5.89. The van der Waals surface area contributed by atoms with Crippen LogP contribution in [-0.4, -0.2) is 30.4 Å². The maximum atomic E-state index is 4.32. The van der Waals surface area contributed by atoms with Gasteiger partial charge in [-0.3, -0.25) is 4.99 Å². The molecule has 3 nitrogen and oxygen atoms in total. The van der Waals surface area contributed by atoms with Gasteiger partial charge in [-0.05, 0) is 24.8 Å². The minimum Gasteiger partial charge on any atom is -0.359 e. The molecule has 0 unspecified atom stereocenters. The summed E-state index contributed by atoms with van der Waals surface area (Å²) in [7, 11) is 0. The van der Waals surface area contributed by atoms with E-state index < -0.39 is 0 Å². The van der Waals surface area contributed by atoms with Crippen LogP contribution in [0.3, 0.4) is 0 Å². The first-order chi connectivity index (χ1) is 8.29. The predicted octanol–water partition coefficient (Wildman–Crippen LogP) is 2.53. The molecule has 1 fully saturated rings. The highest BCUT2D eigenvalue weighted by atomic mass is 15.3. The van der Waals surface area contributed by atoms with Gasteiger partial charge in [0.15, 0.2) is 0 Å². The summed E-state index contributed by atoms with van der Waals surface area (Å²) in [5.41, 5.74) is 0. The third kappa shape index (κ3) is 3.35. The van der Waals surface area contributed by atoms with Gasteiger partial charge in [-0.25, -0.2) is 0 Å². The molecule has 0 spiro atoms. The number of nitrogens with zero attached hydrogens (tertiary/aromatic N) is 2. The van der Waals surface area contributed by atoms with Crippen LogP contribution in [0, 0.1) is 5.92 Å². The molecule has 0 aliphatic carbocycles. The fourth-order valence-corrected chi connectivity index (χ4v) is 2.58. The van der Waals surface area contributed by atoms with Crippen molar-refractivity contribution < 1.29 is 0 Å². The highest BCUT2D eigenvalue weighted by molar-refractivity contribution is 5.95. The molecular formula is C14H23N3. The Hall–Kier alpha value is -1.25. The van der Waals surface area contributed by atoms with Crippen LogP contribution in [0.5, 0.6) is 0 Å². The minimum atomic E-state index is 0.800. The van der Waals surface area contributed by atoms with Crippen molar-refractivity contribution in [1.82, 2.24) is 10.2 Å². The summed E-state index contributed by atoms with van der Waals surface area (Å²) in [5.74, 6) is 2.88. The Labute approximate surface area is 104 Å². The number of amidine groups is 1. The summed E-state index contributed by atoms with van der Waals surface area (Å²) in [6, 6.07) is 0. The maximum absolute atomic E-state index is 4.32. The van der Waals surface area contributed by atoms with Gasteiger partial charge in [0.25, 0.3) is 0 Å². The average Bonchev–Trinajstić information content (AvgIpc) is 2.83. The molecule has 3 heteroatoms. The van der Waals surface area contributed by atoms with Crippen molar-refractivity contribution >= 4 is 5.84 Å². The van der Waals surface area contributed by atoms with Crippen molar-refractivity contribution in [2.24, 2.45) is 10.9 Å². The monoisotopic (exact) mass is 233 g/mol. The van der Waals surface area contributed by atoms with Crippen LogP contribution in [0.2, 0.25) is 0 Å². The average molecular weight is 233 g/mol. The van der Waals surface area contributed by atoms with Crippen LogP contribution in [0.1, 0.15) is 32.6 Å². The smallest absolute Gasteiger partial charge is 0.126 e. The van der Waals surface area contributed by atoms with Crippen LogP contribution in [-0.2, 0) is 0 Å². The number of piperidine rings is 1. The molecule has 2 aliphatic rings. The van der Waals surface area contributed by atoms with Gasteiger partial charge in [0.05, 0.1) is 12.4 Å². The van der Waals surface area contributed by atoms with Crippen molar-refractivity contribution in [2.75, 3.05) is 19.6 Å². The lowest BCUT2D eigenvalue weighted by Gasteiger charge is -2.34. The van der Waals surface area contributed by atoms with Gasteiger partial charge in [0, 0.05) is 13.1 Å². The Balaban J connectivity index is 1.76. The van der Waals surface area contributed by atoms with Crippen molar-refractivity contribution in [3.8, 4) is 0 Å². The highest BCUT2D eigenvalue weighted by Crippen LogP contribution is 2.22. The first kappa shape index (κ1) is 12.2. The standard InChI is InChI=1S/C14H23N3/c1-3-5-13-7-10-17(11-8-13)12(2)16-14-6-4-9-15-14/h4,6,13H,2-3,5,7-11H2,1H3,(H,15,16). The Morgan fingerprint density at radius 2 is 2.29 bits per heavy atom. The molecule has 0 aromatic carbocycles. The van der Waals surface area contributed by atoms with E-state index in [1.54, 1.807) is 0 Å². The third-order valence-corrected chi connectivity index (χ3v) is 3.61. The zero-order chi connectivity index (χ0) is 12.1. The van der Waals surface area contributed by atoms with Gasteiger partial charge in [-0.15, -0.1) is 0 Å². The van der Waals surface area contributed by atoms with Gasteiger partial charge in [-0.2, -0.15) is 0 Å². The fourth-order valence-electron chi connectivity index (χ4n) is 2.58. The second-order valence-corrected chi connectivity index (χ2v) is 4.92. The summed E-state index contributed by atoms with van der Waals surface area (Å²) in [6.07, 6.45) is 9.38. The zero-order valence-corrected chi connectivity index (χ0v) is 10.8. The quantitative estimate of drug-likeness (QED) is 0.808. The van der Waals surface area contributed by atoms with E-state index in [1.807, 2.05) is 6.08 Å². The summed E-state index contributed by atoms with van der Waals surface area (Å²) in [6.45, 7) is 9.45. The summed E-state index contributed by atoms with van der Waals surface area (Å²) in [4.78, 5) is 6.67. The van der Waals surface area contributed by atoms with E-state index in [-0.39, 0.29) is 0 Å². The molecule has 2 rings (SSSR count). The molecule has 0 aromatic heterocycles. The van der Waals surface area contributed by atoms with Gasteiger partial charge in [0.2, 0.25) is 0 Å². The molecule has 0 atom stereocenters. The summed E-state index contributed by atoms with van der Waals surface area (Å²) in [5, 5.41) is 3.29. The van der Waals surface area contributed by atoms with Crippen LogP contribution in [0.25, 0.3) is 0 Å². The zero-order valence-electron chi connectivity index (χ0n) is 10.8. The van der Waals surface area contributed by atoms with Gasteiger partial charge < -0.3 is 10.2 Å². The molecule has 0 amide bonds. The Kier molecular flexibility index (Phi) is 4.24. The van der Waals surface area contributed by atoms with E-state index in [0.29, 0.717) is 0 Å². The van der Waals surface area contributed by atoms with Gasteiger partial charge >= 0.3 is 0 Å². The van der Waals surface area contributed by atoms with Gasteiger partial charge in [0.1, 0.15) is 5.84 Å². The molecule has 2 aliphatic heterocycles. The highest BCUT2D eigenvalue weighted by Gasteiger charge is 2.19. The molecule has 0 radical (unpaired) electrons.